The van der Waals surface area contributed by atoms with Crippen molar-refractivity contribution in [3.8, 4) is 0 Å². The van der Waals surface area contributed by atoms with E-state index in [0.29, 0.717) is 26.4 Å². The van der Waals surface area contributed by atoms with Crippen LogP contribution in [0.5, 0.6) is 0 Å². The Morgan fingerprint density at radius 2 is 1.69 bits per heavy atom. The Bertz CT molecular complexity index is 897. The largest absolute Gasteiger partial charge is 0.295 e. The first kappa shape index (κ1) is 18.5. The van der Waals surface area contributed by atoms with Crippen molar-refractivity contribution < 1.29 is 9.59 Å². The summed E-state index contributed by atoms with van der Waals surface area (Å²) >= 11 is 6.69. The van der Waals surface area contributed by atoms with Gasteiger partial charge < -0.3 is 0 Å². The van der Waals surface area contributed by atoms with Gasteiger partial charge in [0.15, 0.2) is 10.1 Å². The summed E-state index contributed by atoms with van der Waals surface area (Å²) in [5.41, 5.74) is 3.53. The number of carbonyl (C=O) groups is 2. The van der Waals surface area contributed by atoms with E-state index in [1.54, 1.807) is 24.3 Å². The quantitative estimate of drug-likeness (QED) is 0.403. The van der Waals surface area contributed by atoms with Crippen LogP contribution in [-0.2, 0) is 4.79 Å². The van der Waals surface area contributed by atoms with Gasteiger partial charge in [-0.05, 0) is 54.3 Å². The fourth-order valence-electron chi connectivity index (χ4n) is 2.66. The molecule has 26 heavy (non-hydrogen) atoms. The highest BCUT2D eigenvalue weighted by molar-refractivity contribution is 8.27. The third-order valence-corrected chi connectivity index (χ3v) is 5.53. The van der Waals surface area contributed by atoms with E-state index in [2.05, 4.69) is 26.0 Å². The third-order valence-electron chi connectivity index (χ3n) is 4.23. The average Bonchev–Trinajstić information content (AvgIpc) is 2.89. The lowest BCUT2D eigenvalue weighted by molar-refractivity contribution is -0.113. The molecule has 1 fully saturated rings. The maximum Gasteiger partial charge on any atom is 0.270 e. The zero-order chi connectivity index (χ0) is 18.8. The van der Waals surface area contributed by atoms with E-state index < -0.39 is 0 Å². The lowest BCUT2D eigenvalue weighted by Gasteiger charge is -2.14. The molecule has 0 spiro atoms. The molecule has 2 aromatic carbocycles. The first-order valence-electron chi connectivity index (χ1n) is 8.35. The molecule has 1 heterocycles. The van der Waals surface area contributed by atoms with E-state index in [0.717, 1.165) is 5.56 Å². The maximum absolute atomic E-state index is 12.8. The molecule has 1 saturated heterocycles. The summed E-state index contributed by atoms with van der Waals surface area (Å²) < 4.78 is 0.496. The van der Waals surface area contributed by atoms with Crippen LogP contribution in [0.25, 0.3) is 6.08 Å². The van der Waals surface area contributed by atoms with Crippen LogP contribution < -0.4 is 4.90 Å². The summed E-state index contributed by atoms with van der Waals surface area (Å²) in [7, 11) is 0. The molecule has 5 heteroatoms. The highest BCUT2D eigenvalue weighted by atomic mass is 32.2. The van der Waals surface area contributed by atoms with Crippen molar-refractivity contribution in [2.45, 2.75) is 26.7 Å². The average molecular weight is 382 g/mol. The Hall–Kier alpha value is -2.24. The van der Waals surface area contributed by atoms with Gasteiger partial charge in [-0.2, -0.15) is 0 Å². The molecule has 1 amide bonds. The lowest BCUT2D eigenvalue weighted by atomic mass is 10.0. The van der Waals surface area contributed by atoms with Crippen molar-refractivity contribution >= 4 is 51.8 Å². The normalized spacial score (nSPS) is 16.0. The number of hydrogen-bond donors (Lipinski definition) is 0. The fourth-order valence-corrected chi connectivity index (χ4v) is 3.96. The van der Waals surface area contributed by atoms with Crippen molar-refractivity contribution in [1.82, 2.24) is 0 Å². The van der Waals surface area contributed by atoms with E-state index >= 15 is 0 Å². The zero-order valence-corrected chi connectivity index (χ0v) is 16.5. The van der Waals surface area contributed by atoms with Crippen molar-refractivity contribution in [2.24, 2.45) is 0 Å². The van der Waals surface area contributed by atoms with Crippen LogP contribution in [-0.4, -0.2) is 16.0 Å². The summed E-state index contributed by atoms with van der Waals surface area (Å²) in [5.74, 6) is 0.329. The molecule has 0 bridgehead atoms. The van der Waals surface area contributed by atoms with Gasteiger partial charge in [0.05, 0.1) is 10.6 Å². The number of Topliss-reactive ketones (excluding diaryl/α,β-unsaturated/α-hetero) is 1. The molecule has 0 saturated carbocycles. The molecule has 0 unspecified atom stereocenters. The van der Waals surface area contributed by atoms with E-state index in [-0.39, 0.29) is 11.7 Å². The Kier molecular flexibility index (Phi) is 5.39. The van der Waals surface area contributed by atoms with Gasteiger partial charge in [-0.15, -0.1) is 0 Å². The molecule has 1 aliphatic heterocycles. The highest BCUT2D eigenvalue weighted by Crippen LogP contribution is 2.36. The summed E-state index contributed by atoms with van der Waals surface area (Å²) in [6, 6.07) is 15.1. The van der Waals surface area contributed by atoms with Crippen LogP contribution in [0.1, 0.15) is 48.2 Å². The van der Waals surface area contributed by atoms with Crippen molar-refractivity contribution in [3.05, 3.63) is 70.1 Å². The number of ketones is 1. The van der Waals surface area contributed by atoms with Gasteiger partial charge in [-0.3, -0.25) is 14.5 Å². The van der Waals surface area contributed by atoms with Gasteiger partial charge in [0.25, 0.3) is 5.91 Å². The first-order chi connectivity index (χ1) is 12.4. The van der Waals surface area contributed by atoms with E-state index in [9.17, 15) is 9.59 Å². The highest BCUT2D eigenvalue weighted by Gasteiger charge is 2.33. The SMILES string of the molecule is CC(=O)c1ccc(N2C(=O)/C(=C/c3ccc(C(C)C)cc3)SC2=S)cc1. The number of carbonyl (C=O) groups excluding carboxylic acids is 2. The Morgan fingerprint density at radius 3 is 2.23 bits per heavy atom. The van der Waals surface area contributed by atoms with Crippen LogP contribution in [0.4, 0.5) is 5.69 Å². The molecule has 0 aromatic heterocycles. The number of thioether (sulfide) groups is 1. The van der Waals surface area contributed by atoms with Gasteiger partial charge in [-0.25, -0.2) is 0 Å². The number of rotatable bonds is 4. The van der Waals surface area contributed by atoms with Gasteiger partial charge in [0.2, 0.25) is 0 Å². The summed E-state index contributed by atoms with van der Waals surface area (Å²) in [5, 5.41) is 0. The minimum atomic E-state index is -0.136. The summed E-state index contributed by atoms with van der Waals surface area (Å²) in [6.07, 6.45) is 1.87. The number of thiocarbonyl (C=S) groups is 1. The summed E-state index contributed by atoms with van der Waals surface area (Å²) in [4.78, 5) is 26.3. The maximum atomic E-state index is 12.8. The van der Waals surface area contributed by atoms with Crippen LogP contribution in [0, 0.1) is 0 Å². The Labute approximate surface area is 163 Å². The molecular weight excluding hydrogens is 362 g/mol. The van der Waals surface area contributed by atoms with Crippen LogP contribution >= 0.6 is 24.0 Å². The Balaban J connectivity index is 1.85. The third kappa shape index (κ3) is 3.79. The van der Waals surface area contributed by atoms with Crippen molar-refractivity contribution in [3.63, 3.8) is 0 Å². The van der Waals surface area contributed by atoms with E-state index in [1.165, 1.54) is 29.1 Å². The number of nitrogens with zero attached hydrogens (tertiary/aromatic N) is 1. The first-order valence-corrected chi connectivity index (χ1v) is 9.58. The molecule has 3 rings (SSSR count). The molecule has 3 nitrogen and oxygen atoms in total. The smallest absolute Gasteiger partial charge is 0.270 e. The topological polar surface area (TPSA) is 37.4 Å². The van der Waals surface area contributed by atoms with E-state index in [4.69, 9.17) is 12.2 Å². The predicted molar refractivity (Wildman–Crippen MR) is 113 cm³/mol. The Morgan fingerprint density at radius 1 is 1.08 bits per heavy atom. The second kappa shape index (κ2) is 7.56. The van der Waals surface area contributed by atoms with Gasteiger partial charge in [-0.1, -0.05) is 62.1 Å². The minimum Gasteiger partial charge on any atom is -0.295 e. The predicted octanol–water partition coefficient (Wildman–Crippen LogP) is 5.42. The molecule has 0 radical (unpaired) electrons. The molecule has 132 valence electrons. The van der Waals surface area contributed by atoms with Crippen LogP contribution in [0.3, 0.4) is 0 Å². The minimum absolute atomic E-state index is 0.00770. The second-order valence-corrected chi connectivity index (χ2v) is 8.12. The van der Waals surface area contributed by atoms with Gasteiger partial charge in [0, 0.05) is 5.56 Å². The van der Waals surface area contributed by atoms with Gasteiger partial charge >= 0.3 is 0 Å². The van der Waals surface area contributed by atoms with Crippen LogP contribution in [0.15, 0.2) is 53.4 Å². The van der Waals surface area contributed by atoms with Crippen molar-refractivity contribution in [2.75, 3.05) is 4.90 Å². The molecule has 0 atom stereocenters. The molecule has 0 aliphatic carbocycles. The lowest BCUT2D eigenvalue weighted by Crippen LogP contribution is -2.27. The monoisotopic (exact) mass is 381 g/mol. The zero-order valence-electron chi connectivity index (χ0n) is 14.9. The fraction of sp³-hybridized carbons (Fsp3) is 0.190. The molecule has 2 aromatic rings. The standard InChI is InChI=1S/C21H19NO2S2/c1-13(2)16-6-4-15(5-7-16)12-19-20(24)22(21(25)26-19)18-10-8-17(9-11-18)14(3)23/h4-13H,1-3H3/b19-12-. The number of hydrogen-bond acceptors (Lipinski definition) is 4. The van der Waals surface area contributed by atoms with Crippen LogP contribution in [0.2, 0.25) is 0 Å². The van der Waals surface area contributed by atoms with Crippen molar-refractivity contribution in [1.29, 1.82) is 0 Å². The second-order valence-electron chi connectivity index (χ2n) is 6.44. The van der Waals surface area contributed by atoms with Gasteiger partial charge in [0.1, 0.15) is 0 Å². The molecular formula is C21H19NO2S2. The molecule has 0 N–H and O–H groups in total. The molecule has 1 aliphatic rings. The van der Waals surface area contributed by atoms with E-state index in [1.807, 2.05) is 18.2 Å². The number of benzene rings is 2. The number of amides is 1. The number of anilines is 1. The summed E-state index contributed by atoms with van der Waals surface area (Å²) in [6.45, 7) is 5.82.